The van der Waals surface area contributed by atoms with Gasteiger partial charge in [-0.2, -0.15) is 0 Å². The number of rotatable bonds is 1. The Labute approximate surface area is 101 Å². The summed E-state index contributed by atoms with van der Waals surface area (Å²) in [6.07, 6.45) is 0. The average molecular weight is 285 g/mol. The van der Waals surface area contributed by atoms with Crippen LogP contribution in [-0.4, -0.2) is 5.16 Å². The van der Waals surface area contributed by atoms with E-state index in [4.69, 9.17) is 17.3 Å². The number of hydrogen-bond acceptors (Lipinski definition) is 3. The van der Waals surface area contributed by atoms with E-state index in [0.29, 0.717) is 0 Å². The third-order valence-corrected chi connectivity index (χ3v) is 2.46. The van der Waals surface area contributed by atoms with Crippen molar-refractivity contribution in [2.75, 3.05) is 5.73 Å². The molecular formula is C9H2ClF5N2O. The van der Waals surface area contributed by atoms with Crippen LogP contribution < -0.4 is 5.73 Å². The number of nitrogen functional groups attached to an aromatic ring is 1. The van der Waals surface area contributed by atoms with Gasteiger partial charge in [0.15, 0.2) is 34.8 Å². The molecule has 0 atom stereocenters. The van der Waals surface area contributed by atoms with Gasteiger partial charge in [0.2, 0.25) is 5.82 Å². The molecule has 0 saturated heterocycles. The number of anilines is 1. The Morgan fingerprint density at radius 3 is 1.72 bits per heavy atom. The van der Waals surface area contributed by atoms with Crippen molar-refractivity contribution in [2.24, 2.45) is 0 Å². The van der Waals surface area contributed by atoms with Gasteiger partial charge in [-0.1, -0.05) is 16.8 Å². The van der Waals surface area contributed by atoms with E-state index in [1.165, 1.54) is 0 Å². The number of nitrogens with zero attached hydrogens (tertiary/aromatic N) is 1. The molecule has 0 saturated carbocycles. The Morgan fingerprint density at radius 2 is 1.33 bits per heavy atom. The maximum atomic E-state index is 13.4. The minimum atomic E-state index is -2.28. The maximum absolute atomic E-state index is 13.4. The largest absolute Gasteiger partial charge is 0.380 e. The molecule has 0 amide bonds. The van der Waals surface area contributed by atoms with Crippen molar-refractivity contribution in [3.05, 3.63) is 34.1 Å². The normalized spacial score (nSPS) is 11.0. The molecule has 0 radical (unpaired) electrons. The highest BCUT2D eigenvalue weighted by atomic mass is 35.5. The molecule has 2 N–H and O–H groups in total. The lowest BCUT2D eigenvalue weighted by Gasteiger charge is -2.05. The Hall–Kier alpha value is -1.83. The molecule has 18 heavy (non-hydrogen) atoms. The molecule has 0 aliphatic carbocycles. The monoisotopic (exact) mass is 284 g/mol. The summed E-state index contributed by atoms with van der Waals surface area (Å²) in [5, 5.41) is 2.51. The molecule has 0 spiro atoms. The van der Waals surface area contributed by atoms with Crippen molar-refractivity contribution in [1.29, 1.82) is 0 Å². The van der Waals surface area contributed by atoms with Crippen LogP contribution in [0.1, 0.15) is 0 Å². The molecular weight excluding hydrogens is 283 g/mol. The first kappa shape index (κ1) is 12.6. The molecule has 0 unspecified atom stereocenters. The molecule has 2 aromatic rings. The summed E-state index contributed by atoms with van der Waals surface area (Å²) in [5.74, 6) is -11.9. The Bertz CT molecular complexity index is 613. The van der Waals surface area contributed by atoms with Gasteiger partial charge in [0.1, 0.15) is 5.02 Å². The van der Waals surface area contributed by atoms with Gasteiger partial charge >= 0.3 is 0 Å². The van der Waals surface area contributed by atoms with Crippen LogP contribution in [0.4, 0.5) is 27.8 Å². The van der Waals surface area contributed by atoms with Gasteiger partial charge in [-0.3, -0.25) is 0 Å². The van der Waals surface area contributed by atoms with Crippen molar-refractivity contribution in [1.82, 2.24) is 5.16 Å². The predicted octanol–water partition coefficient (Wildman–Crippen LogP) is 3.27. The molecule has 1 heterocycles. The van der Waals surface area contributed by atoms with Crippen LogP contribution in [0.2, 0.25) is 5.02 Å². The van der Waals surface area contributed by atoms with E-state index in [2.05, 4.69) is 9.68 Å². The smallest absolute Gasteiger partial charge is 0.200 e. The van der Waals surface area contributed by atoms with E-state index in [1.807, 2.05) is 0 Å². The Balaban J connectivity index is 2.84. The standard InChI is InChI=1S/C9H2ClF5N2O/c10-2-8(18-17-9(2)16)1-3(11)5(13)7(15)6(14)4(1)12/h(H2,16,17). The van der Waals surface area contributed by atoms with Crippen molar-refractivity contribution in [2.45, 2.75) is 0 Å². The first-order valence-electron chi connectivity index (χ1n) is 4.28. The molecule has 2 rings (SSSR count). The highest BCUT2D eigenvalue weighted by molar-refractivity contribution is 6.35. The third-order valence-electron chi connectivity index (χ3n) is 2.10. The van der Waals surface area contributed by atoms with Crippen LogP contribution >= 0.6 is 11.6 Å². The van der Waals surface area contributed by atoms with Crippen LogP contribution in [-0.2, 0) is 0 Å². The quantitative estimate of drug-likeness (QED) is 0.497. The second-order valence-electron chi connectivity index (χ2n) is 3.16. The van der Waals surface area contributed by atoms with Crippen molar-refractivity contribution >= 4 is 17.4 Å². The maximum Gasteiger partial charge on any atom is 0.200 e. The van der Waals surface area contributed by atoms with Gasteiger partial charge in [-0.15, -0.1) is 0 Å². The highest BCUT2D eigenvalue weighted by Gasteiger charge is 2.30. The van der Waals surface area contributed by atoms with Crippen LogP contribution in [0.3, 0.4) is 0 Å². The first-order chi connectivity index (χ1) is 8.36. The number of nitrogens with two attached hydrogens (primary N) is 1. The lowest BCUT2D eigenvalue weighted by Crippen LogP contribution is -2.03. The average Bonchev–Trinajstić information content (AvgIpc) is 2.66. The van der Waals surface area contributed by atoms with Crippen molar-refractivity contribution < 1.29 is 26.5 Å². The summed E-state index contributed by atoms with van der Waals surface area (Å²) in [6.45, 7) is 0. The number of halogens is 6. The summed E-state index contributed by atoms with van der Waals surface area (Å²) in [7, 11) is 0. The molecule has 1 aromatic carbocycles. The lowest BCUT2D eigenvalue weighted by atomic mass is 10.1. The number of benzene rings is 1. The van der Waals surface area contributed by atoms with Crippen LogP contribution in [0.25, 0.3) is 11.3 Å². The Kier molecular flexibility index (Phi) is 2.89. The van der Waals surface area contributed by atoms with Crippen LogP contribution in [0.5, 0.6) is 0 Å². The molecule has 0 bridgehead atoms. The molecule has 96 valence electrons. The second kappa shape index (κ2) is 4.13. The number of aromatic nitrogens is 1. The van der Waals surface area contributed by atoms with Crippen LogP contribution in [0, 0.1) is 29.1 Å². The van der Waals surface area contributed by atoms with Crippen molar-refractivity contribution in [3.63, 3.8) is 0 Å². The first-order valence-corrected chi connectivity index (χ1v) is 4.66. The minimum absolute atomic E-state index is 0.435. The lowest BCUT2D eigenvalue weighted by molar-refractivity contribution is 0.374. The molecule has 1 aromatic heterocycles. The fourth-order valence-electron chi connectivity index (χ4n) is 1.25. The third kappa shape index (κ3) is 1.60. The summed E-state index contributed by atoms with van der Waals surface area (Å²) in [6, 6.07) is 0. The molecule has 0 fully saturated rings. The van der Waals surface area contributed by atoms with E-state index in [1.54, 1.807) is 0 Å². The predicted molar refractivity (Wildman–Crippen MR) is 51.2 cm³/mol. The molecule has 9 heteroatoms. The summed E-state index contributed by atoms with van der Waals surface area (Å²) >= 11 is 5.48. The summed E-state index contributed by atoms with van der Waals surface area (Å²) < 4.78 is 69.7. The van der Waals surface area contributed by atoms with Gasteiger partial charge in [-0.25, -0.2) is 22.0 Å². The fourth-order valence-corrected chi connectivity index (χ4v) is 1.41. The topological polar surface area (TPSA) is 52.0 Å². The zero-order valence-corrected chi connectivity index (χ0v) is 8.96. The summed E-state index contributed by atoms with van der Waals surface area (Å²) in [5.41, 5.74) is 3.82. The van der Waals surface area contributed by atoms with E-state index >= 15 is 0 Å². The SMILES string of the molecule is Nc1noc(-c2c(F)c(F)c(F)c(F)c2F)c1Cl. The van der Waals surface area contributed by atoms with Gasteiger partial charge in [0, 0.05) is 0 Å². The van der Waals surface area contributed by atoms with E-state index < -0.39 is 51.3 Å². The van der Waals surface area contributed by atoms with E-state index in [0.717, 1.165) is 0 Å². The second-order valence-corrected chi connectivity index (χ2v) is 3.53. The zero-order valence-electron chi connectivity index (χ0n) is 8.20. The van der Waals surface area contributed by atoms with Crippen LogP contribution in [0.15, 0.2) is 4.52 Å². The molecule has 0 aliphatic rings. The minimum Gasteiger partial charge on any atom is -0.380 e. The van der Waals surface area contributed by atoms with E-state index in [-0.39, 0.29) is 0 Å². The molecule has 3 nitrogen and oxygen atoms in total. The van der Waals surface area contributed by atoms with Crippen molar-refractivity contribution in [3.8, 4) is 11.3 Å². The fraction of sp³-hybridized carbons (Fsp3) is 0. The summed E-state index contributed by atoms with van der Waals surface area (Å²) in [4.78, 5) is 0. The molecule has 0 aliphatic heterocycles. The van der Waals surface area contributed by atoms with E-state index in [9.17, 15) is 22.0 Å². The number of hydrogen-bond donors (Lipinski definition) is 1. The Morgan fingerprint density at radius 1 is 0.889 bits per heavy atom. The van der Waals surface area contributed by atoms with Gasteiger partial charge in [-0.05, 0) is 0 Å². The van der Waals surface area contributed by atoms with Gasteiger partial charge in [0.05, 0.1) is 5.56 Å². The highest BCUT2D eigenvalue weighted by Crippen LogP contribution is 2.37. The van der Waals surface area contributed by atoms with Gasteiger partial charge in [0.25, 0.3) is 0 Å². The zero-order chi connectivity index (χ0) is 13.6. The van der Waals surface area contributed by atoms with Gasteiger partial charge < -0.3 is 10.3 Å².